The Hall–Kier alpha value is -3.14. The first kappa shape index (κ1) is 18.6. The Morgan fingerprint density at radius 2 is 1.89 bits per heavy atom. The van der Waals surface area contributed by atoms with E-state index in [1.165, 1.54) is 30.3 Å². The fourth-order valence-corrected chi connectivity index (χ4v) is 2.76. The molecule has 0 atom stereocenters. The molecule has 0 spiro atoms. The number of amides is 1. The molecule has 0 unspecified atom stereocenters. The number of benzene rings is 2. The van der Waals surface area contributed by atoms with Gasteiger partial charge in [0.25, 0.3) is 11.6 Å². The van der Waals surface area contributed by atoms with Gasteiger partial charge in [-0.25, -0.2) is 4.79 Å². The van der Waals surface area contributed by atoms with Crippen LogP contribution in [0, 0.1) is 10.1 Å². The highest BCUT2D eigenvalue weighted by atomic mass is 79.9. The maximum atomic E-state index is 12.1. The number of halogens is 1. The zero-order valence-electron chi connectivity index (χ0n) is 13.8. The van der Waals surface area contributed by atoms with Crippen LogP contribution in [0.15, 0.2) is 40.9 Å². The molecule has 140 valence electrons. The van der Waals surface area contributed by atoms with Gasteiger partial charge < -0.3 is 19.5 Å². The maximum absolute atomic E-state index is 12.1. The smallest absolute Gasteiger partial charge is 0.338 e. The second kappa shape index (κ2) is 8.04. The number of rotatable bonds is 5. The molecule has 0 bridgehead atoms. The molecule has 0 saturated carbocycles. The van der Waals surface area contributed by atoms with E-state index in [-0.39, 0.29) is 11.3 Å². The molecule has 27 heavy (non-hydrogen) atoms. The van der Waals surface area contributed by atoms with Gasteiger partial charge >= 0.3 is 5.97 Å². The zero-order chi connectivity index (χ0) is 19.4. The SMILES string of the molecule is O=C(COC(=O)c1ccc2c(c1)OCCO2)Nc1ccc([N+](=O)[O-])cc1Br. The molecule has 0 saturated heterocycles. The molecule has 1 heterocycles. The summed E-state index contributed by atoms with van der Waals surface area (Å²) in [5.74, 6) is -0.297. The average Bonchev–Trinajstić information content (AvgIpc) is 2.67. The Bertz CT molecular complexity index is 916. The Morgan fingerprint density at radius 3 is 2.59 bits per heavy atom. The molecule has 2 aromatic rings. The number of hydrogen-bond donors (Lipinski definition) is 1. The van der Waals surface area contributed by atoms with E-state index in [1.54, 1.807) is 6.07 Å². The second-order valence-electron chi connectivity index (χ2n) is 5.40. The van der Waals surface area contributed by atoms with Crippen LogP contribution in [0.25, 0.3) is 0 Å². The van der Waals surface area contributed by atoms with Crippen LogP contribution < -0.4 is 14.8 Å². The molecule has 1 aliphatic heterocycles. The Balaban J connectivity index is 1.57. The maximum Gasteiger partial charge on any atom is 0.338 e. The van der Waals surface area contributed by atoms with Crippen LogP contribution >= 0.6 is 15.9 Å². The van der Waals surface area contributed by atoms with Gasteiger partial charge in [-0.1, -0.05) is 0 Å². The van der Waals surface area contributed by atoms with Gasteiger partial charge in [-0.2, -0.15) is 0 Å². The fraction of sp³-hybridized carbons (Fsp3) is 0.176. The number of ether oxygens (including phenoxy) is 3. The third-order valence-corrected chi connectivity index (χ3v) is 4.21. The Labute approximate surface area is 161 Å². The summed E-state index contributed by atoms with van der Waals surface area (Å²) < 4.78 is 16.1. The van der Waals surface area contributed by atoms with Crippen molar-refractivity contribution in [1.29, 1.82) is 0 Å². The van der Waals surface area contributed by atoms with Gasteiger partial charge in [0.15, 0.2) is 18.1 Å². The van der Waals surface area contributed by atoms with Crippen molar-refractivity contribution in [2.75, 3.05) is 25.1 Å². The van der Waals surface area contributed by atoms with Crippen molar-refractivity contribution in [3.05, 3.63) is 56.5 Å². The average molecular weight is 437 g/mol. The van der Waals surface area contributed by atoms with Crippen molar-refractivity contribution >= 4 is 39.2 Å². The summed E-state index contributed by atoms with van der Waals surface area (Å²) in [6.07, 6.45) is 0. The third kappa shape index (κ3) is 4.53. The monoisotopic (exact) mass is 436 g/mol. The largest absolute Gasteiger partial charge is 0.486 e. The van der Waals surface area contributed by atoms with Crippen LogP contribution in [0.1, 0.15) is 10.4 Å². The number of fused-ring (bicyclic) bond motifs is 1. The fourth-order valence-electron chi connectivity index (χ4n) is 2.29. The zero-order valence-corrected chi connectivity index (χ0v) is 15.4. The van der Waals surface area contributed by atoms with E-state index in [0.29, 0.717) is 34.9 Å². The van der Waals surface area contributed by atoms with Crippen LogP contribution in [0.2, 0.25) is 0 Å². The first-order chi connectivity index (χ1) is 12.9. The van der Waals surface area contributed by atoms with Crippen LogP contribution in [0.4, 0.5) is 11.4 Å². The molecule has 0 aromatic heterocycles. The van der Waals surface area contributed by atoms with Crippen LogP contribution in [0.5, 0.6) is 11.5 Å². The third-order valence-electron chi connectivity index (χ3n) is 3.55. The predicted molar refractivity (Wildman–Crippen MR) is 97.1 cm³/mol. The number of carbonyl (C=O) groups excluding carboxylic acids is 2. The number of nitro benzene ring substituents is 1. The summed E-state index contributed by atoms with van der Waals surface area (Å²) in [6, 6.07) is 8.49. The lowest BCUT2D eigenvalue weighted by atomic mass is 10.2. The van der Waals surface area contributed by atoms with Gasteiger partial charge in [-0.3, -0.25) is 14.9 Å². The number of carbonyl (C=O) groups is 2. The van der Waals surface area contributed by atoms with Crippen LogP contribution in [-0.4, -0.2) is 36.6 Å². The van der Waals surface area contributed by atoms with Gasteiger partial charge in [-0.05, 0) is 40.2 Å². The van der Waals surface area contributed by atoms with Crippen LogP contribution in [-0.2, 0) is 9.53 Å². The summed E-state index contributed by atoms with van der Waals surface area (Å²) in [6.45, 7) is 0.309. The Kier molecular flexibility index (Phi) is 5.55. The molecule has 1 amide bonds. The lowest BCUT2D eigenvalue weighted by Crippen LogP contribution is -2.21. The van der Waals surface area contributed by atoms with Crippen molar-refractivity contribution in [2.45, 2.75) is 0 Å². The van der Waals surface area contributed by atoms with E-state index < -0.39 is 23.4 Å². The second-order valence-corrected chi connectivity index (χ2v) is 6.26. The first-order valence-electron chi connectivity index (χ1n) is 7.74. The molecule has 0 fully saturated rings. The summed E-state index contributed by atoms with van der Waals surface area (Å²) in [4.78, 5) is 34.2. The number of nitrogens with zero attached hydrogens (tertiary/aromatic N) is 1. The van der Waals surface area contributed by atoms with E-state index >= 15 is 0 Å². The molecule has 9 nitrogen and oxygen atoms in total. The lowest BCUT2D eigenvalue weighted by molar-refractivity contribution is -0.384. The van der Waals surface area contributed by atoms with Crippen molar-refractivity contribution in [2.24, 2.45) is 0 Å². The molecule has 1 N–H and O–H groups in total. The molecule has 3 rings (SSSR count). The Morgan fingerprint density at radius 1 is 1.15 bits per heavy atom. The summed E-state index contributed by atoms with van der Waals surface area (Å²) in [5, 5.41) is 13.2. The number of hydrogen-bond acceptors (Lipinski definition) is 7. The minimum Gasteiger partial charge on any atom is -0.486 e. The van der Waals surface area contributed by atoms with Crippen molar-refractivity contribution in [3.8, 4) is 11.5 Å². The number of non-ortho nitro benzene ring substituents is 1. The number of nitrogens with one attached hydrogen (secondary N) is 1. The van der Waals surface area contributed by atoms with Gasteiger partial charge in [0.2, 0.25) is 0 Å². The number of anilines is 1. The minimum atomic E-state index is -0.690. The summed E-state index contributed by atoms with van der Waals surface area (Å²) in [7, 11) is 0. The van der Waals surface area contributed by atoms with E-state index in [2.05, 4.69) is 21.2 Å². The number of nitro groups is 1. The summed E-state index contributed by atoms with van der Waals surface area (Å²) >= 11 is 3.14. The molecule has 10 heteroatoms. The highest BCUT2D eigenvalue weighted by molar-refractivity contribution is 9.10. The van der Waals surface area contributed by atoms with E-state index in [1.807, 2.05) is 0 Å². The molecular weight excluding hydrogens is 424 g/mol. The van der Waals surface area contributed by atoms with Crippen LogP contribution in [0.3, 0.4) is 0 Å². The molecular formula is C17H13BrN2O7. The first-order valence-corrected chi connectivity index (χ1v) is 8.54. The molecule has 0 radical (unpaired) electrons. The highest BCUT2D eigenvalue weighted by Crippen LogP contribution is 2.31. The van der Waals surface area contributed by atoms with E-state index in [0.717, 1.165) is 0 Å². The van der Waals surface area contributed by atoms with Gasteiger partial charge in [0, 0.05) is 16.6 Å². The molecule has 0 aliphatic carbocycles. The van der Waals surface area contributed by atoms with Gasteiger partial charge in [-0.15, -0.1) is 0 Å². The van der Waals surface area contributed by atoms with Crippen molar-refractivity contribution < 1.29 is 28.7 Å². The lowest BCUT2D eigenvalue weighted by Gasteiger charge is -2.18. The van der Waals surface area contributed by atoms with E-state index in [4.69, 9.17) is 14.2 Å². The normalized spacial score (nSPS) is 12.2. The molecule has 1 aliphatic rings. The van der Waals surface area contributed by atoms with Gasteiger partial charge in [0.05, 0.1) is 16.2 Å². The predicted octanol–water partition coefficient (Wildman–Crippen LogP) is 2.92. The minimum absolute atomic E-state index is 0.120. The standard InChI is InChI=1S/C17H13BrN2O7/c18-12-8-11(20(23)24)2-3-13(12)19-16(21)9-27-17(22)10-1-4-14-15(7-10)26-6-5-25-14/h1-4,7-8H,5-6,9H2,(H,19,21). The van der Waals surface area contributed by atoms with Crippen molar-refractivity contribution in [3.63, 3.8) is 0 Å². The summed E-state index contributed by atoms with van der Waals surface area (Å²) in [5.41, 5.74) is 0.425. The quantitative estimate of drug-likeness (QED) is 0.434. The topological polar surface area (TPSA) is 117 Å². The van der Waals surface area contributed by atoms with E-state index in [9.17, 15) is 19.7 Å². The van der Waals surface area contributed by atoms with Crippen molar-refractivity contribution in [1.82, 2.24) is 0 Å². The highest BCUT2D eigenvalue weighted by Gasteiger charge is 2.17. The molecule has 2 aromatic carbocycles. The van der Waals surface area contributed by atoms with Gasteiger partial charge in [0.1, 0.15) is 13.2 Å². The number of esters is 1.